The Morgan fingerprint density at radius 1 is 0.560 bits per heavy atom. The van der Waals surface area contributed by atoms with Crippen LogP contribution in [0.1, 0.15) is 42.1 Å². The molecule has 0 fully saturated rings. The second kappa shape index (κ2) is 8.07. The third kappa shape index (κ3) is 4.25. The van der Waals surface area contributed by atoms with Crippen molar-refractivity contribution in [2.75, 3.05) is 0 Å². The summed E-state index contributed by atoms with van der Waals surface area (Å²) in [4.78, 5) is 9.44. The number of fused-ring (bicyclic) bond motifs is 2. The van der Waals surface area contributed by atoms with Gasteiger partial charge in [-0.05, 0) is 49.9 Å². The van der Waals surface area contributed by atoms with Crippen molar-refractivity contribution in [1.82, 2.24) is 9.97 Å². The average Bonchev–Trinajstić information content (AvgIpc) is 3.23. The van der Waals surface area contributed by atoms with E-state index in [-0.39, 0.29) is 0 Å². The quantitative estimate of drug-likeness (QED) is 0.327. The van der Waals surface area contributed by atoms with Crippen molar-refractivity contribution in [3.63, 3.8) is 0 Å². The number of benzene rings is 2. The van der Waals surface area contributed by atoms with Gasteiger partial charge in [0.15, 0.2) is 0 Å². The van der Waals surface area contributed by atoms with E-state index in [1.165, 1.54) is 51.5 Å². The monoisotopic (exact) mass is 366 g/mol. The molecule has 0 saturated carbocycles. The second-order valence-corrected chi connectivity index (χ2v) is 8.65. The highest BCUT2D eigenvalue weighted by molar-refractivity contribution is 7.18. The Balaban J connectivity index is 1.15. The minimum absolute atomic E-state index is 1.12. The first-order valence-electron chi connectivity index (χ1n) is 9.07. The topological polar surface area (TPSA) is 25.8 Å². The molecule has 4 rings (SSSR count). The lowest BCUT2D eigenvalue weighted by Gasteiger charge is -1.99. The van der Waals surface area contributed by atoms with Crippen molar-refractivity contribution in [1.29, 1.82) is 0 Å². The highest BCUT2D eigenvalue weighted by Crippen LogP contribution is 2.24. The fourth-order valence-corrected chi connectivity index (χ4v) is 5.15. The molecule has 0 amide bonds. The summed E-state index contributed by atoms with van der Waals surface area (Å²) in [5.41, 5.74) is 2.30. The van der Waals surface area contributed by atoms with Crippen LogP contribution in [-0.2, 0) is 12.8 Å². The van der Waals surface area contributed by atoms with Gasteiger partial charge in [0.2, 0.25) is 0 Å². The average molecular weight is 367 g/mol. The maximum atomic E-state index is 4.72. The maximum absolute atomic E-state index is 4.72. The number of nitrogens with zero attached hydrogens (tertiary/aromatic N) is 2. The van der Waals surface area contributed by atoms with Crippen molar-refractivity contribution >= 4 is 43.1 Å². The number of aromatic nitrogens is 2. The van der Waals surface area contributed by atoms with E-state index in [1.54, 1.807) is 0 Å². The highest BCUT2D eigenvalue weighted by atomic mass is 32.1. The number of aryl methyl sites for hydroxylation is 2. The number of rotatable bonds is 8. The van der Waals surface area contributed by atoms with E-state index in [0.29, 0.717) is 0 Å². The summed E-state index contributed by atoms with van der Waals surface area (Å²) in [6.45, 7) is 0. The summed E-state index contributed by atoms with van der Waals surface area (Å²) < 4.78 is 2.63. The highest BCUT2D eigenvalue weighted by Gasteiger charge is 2.04. The Morgan fingerprint density at radius 2 is 1.00 bits per heavy atom. The van der Waals surface area contributed by atoms with Crippen molar-refractivity contribution in [3.8, 4) is 0 Å². The molecular formula is C21H22N2S2. The van der Waals surface area contributed by atoms with Crippen LogP contribution in [0.3, 0.4) is 0 Å². The number of para-hydroxylation sites is 2. The summed E-state index contributed by atoms with van der Waals surface area (Å²) in [6.07, 6.45) is 8.66. The Bertz CT molecular complexity index is 811. The minimum atomic E-state index is 1.12. The Labute approximate surface area is 156 Å². The number of unbranched alkanes of at least 4 members (excludes halogenated alkanes) is 4. The molecule has 0 aliphatic carbocycles. The molecule has 4 aromatic rings. The summed E-state index contributed by atoms with van der Waals surface area (Å²) in [5, 5.41) is 2.58. The predicted molar refractivity (Wildman–Crippen MR) is 110 cm³/mol. The first-order valence-corrected chi connectivity index (χ1v) is 10.7. The van der Waals surface area contributed by atoms with Crippen LogP contribution in [-0.4, -0.2) is 9.97 Å². The molecule has 2 nitrogen and oxygen atoms in total. The third-order valence-electron chi connectivity index (χ3n) is 4.46. The lowest BCUT2D eigenvalue weighted by atomic mass is 10.1. The van der Waals surface area contributed by atoms with Crippen molar-refractivity contribution in [2.45, 2.75) is 44.9 Å². The van der Waals surface area contributed by atoms with Crippen LogP contribution in [0.4, 0.5) is 0 Å². The van der Waals surface area contributed by atoms with Gasteiger partial charge in [-0.1, -0.05) is 43.5 Å². The second-order valence-electron chi connectivity index (χ2n) is 6.42. The lowest BCUT2D eigenvalue weighted by Crippen LogP contribution is -1.87. The SMILES string of the molecule is c1ccc2sc(CCCCCCCc3nc4ccccc4s3)nc2c1. The van der Waals surface area contributed by atoms with E-state index >= 15 is 0 Å². The fourth-order valence-electron chi connectivity index (χ4n) is 3.14. The molecule has 2 aromatic carbocycles. The van der Waals surface area contributed by atoms with Crippen LogP contribution in [0.2, 0.25) is 0 Å². The van der Waals surface area contributed by atoms with Gasteiger partial charge in [0.05, 0.1) is 30.4 Å². The zero-order chi connectivity index (χ0) is 16.9. The van der Waals surface area contributed by atoms with E-state index in [9.17, 15) is 0 Å². The Morgan fingerprint density at radius 3 is 1.48 bits per heavy atom. The van der Waals surface area contributed by atoms with Gasteiger partial charge in [-0.25, -0.2) is 9.97 Å². The summed E-state index contributed by atoms with van der Waals surface area (Å²) in [7, 11) is 0. The van der Waals surface area contributed by atoms with Gasteiger partial charge >= 0.3 is 0 Å². The standard InChI is InChI=1S/C21H22N2S2/c1(2-4-14-20-22-16-10-6-8-12-18(16)24-20)3-5-15-21-23-17-11-7-9-13-19(17)25-21/h6-13H,1-5,14-15H2. The largest absolute Gasteiger partial charge is 0.241 e. The molecule has 0 saturated heterocycles. The number of hydrogen-bond donors (Lipinski definition) is 0. The zero-order valence-electron chi connectivity index (χ0n) is 14.3. The molecule has 0 bridgehead atoms. The molecule has 0 N–H and O–H groups in total. The van der Waals surface area contributed by atoms with Crippen LogP contribution in [0.5, 0.6) is 0 Å². The van der Waals surface area contributed by atoms with Gasteiger partial charge in [-0.15, -0.1) is 22.7 Å². The van der Waals surface area contributed by atoms with Gasteiger partial charge in [0.25, 0.3) is 0 Å². The zero-order valence-corrected chi connectivity index (χ0v) is 15.9. The van der Waals surface area contributed by atoms with Crippen molar-refractivity contribution in [2.24, 2.45) is 0 Å². The van der Waals surface area contributed by atoms with Gasteiger partial charge in [0, 0.05) is 0 Å². The van der Waals surface area contributed by atoms with Crippen molar-refractivity contribution < 1.29 is 0 Å². The first kappa shape index (κ1) is 16.7. The Hall–Kier alpha value is -1.78. The lowest BCUT2D eigenvalue weighted by molar-refractivity contribution is 0.612. The van der Waals surface area contributed by atoms with E-state index < -0.39 is 0 Å². The van der Waals surface area contributed by atoms with Crippen LogP contribution in [0.15, 0.2) is 48.5 Å². The molecule has 0 atom stereocenters. The van der Waals surface area contributed by atoms with E-state index in [0.717, 1.165) is 23.9 Å². The summed E-state index contributed by atoms with van der Waals surface area (Å²) in [5.74, 6) is 0. The van der Waals surface area contributed by atoms with E-state index in [4.69, 9.17) is 9.97 Å². The normalized spacial score (nSPS) is 11.5. The Kier molecular flexibility index (Phi) is 5.38. The van der Waals surface area contributed by atoms with Gasteiger partial charge in [-0.2, -0.15) is 0 Å². The molecule has 2 aromatic heterocycles. The van der Waals surface area contributed by atoms with Gasteiger partial charge < -0.3 is 0 Å². The third-order valence-corrected chi connectivity index (χ3v) is 6.65. The molecular weight excluding hydrogens is 344 g/mol. The summed E-state index contributed by atoms with van der Waals surface area (Å²) >= 11 is 3.69. The minimum Gasteiger partial charge on any atom is -0.241 e. The molecule has 4 heteroatoms. The number of hydrogen-bond acceptors (Lipinski definition) is 4. The van der Waals surface area contributed by atoms with Crippen LogP contribution < -0.4 is 0 Å². The molecule has 0 aliphatic rings. The van der Waals surface area contributed by atoms with E-state index in [2.05, 4.69) is 48.5 Å². The fraction of sp³-hybridized carbons (Fsp3) is 0.333. The van der Waals surface area contributed by atoms with Crippen LogP contribution in [0, 0.1) is 0 Å². The molecule has 2 heterocycles. The predicted octanol–water partition coefficient (Wildman–Crippen LogP) is 6.64. The molecule has 25 heavy (non-hydrogen) atoms. The van der Waals surface area contributed by atoms with Crippen molar-refractivity contribution in [3.05, 3.63) is 58.5 Å². The van der Waals surface area contributed by atoms with Crippen LogP contribution >= 0.6 is 22.7 Å². The molecule has 0 aliphatic heterocycles. The molecule has 128 valence electrons. The first-order chi connectivity index (χ1) is 12.4. The molecule has 0 spiro atoms. The van der Waals surface area contributed by atoms with E-state index in [1.807, 2.05) is 22.7 Å². The molecule has 0 radical (unpaired) electrons. The number of thiazole rings is 2. The molecule has 0 unspecified atom stereocenters. The smallest absolute Gasteiger partial charge is 0.0938 e. The maximum Gasteiger partial charge on any atom is 0.0938 e. The van der Waals surface area contributed by atoms with Gasteiger partial charge in [-0.3, -0.25) is 0 Å². The summed E-state index contributed by atoms with van der Waals surface area (Å²) in [6, 6.07) is 16.9. The van der Waals surface area contributed by atoms with Crippen LogP contribution in [0.25, 0.3) is 20.4 Å². The van der Waals surface area contributed by atoms with Gasteiger partial charge in [0.1, 0.15) is 0 Å².